The molecule has 11 heteroatoms. The van der Waals surface area contributed by atoms with Gasteiger partial charge in [0.2, 0.25) is 11.8 Å². The smallest absolute Gasteiger partial charge is 0.252 e. The number of aryl methyl sites for hydroxylation is 2. The summed E-state index contributed by atoms with van der Waals surface area (Å²) in [6.07, 6.45) is 0.272. The Morgan fingerprint density at radius 2 is 1.69 bits per heavy atom. The summed E-state index contributed by atoms with van der Waals surface area (Å²) in [6.45, 7) is 5.57. The van der Waals surface area contributed by atoms with E-state index in [1.807, 2.05) is 0 Å². The van der Waals surface area contributed by atoms with Crippen LogP contribution in [0.1, 0.15) is 41.8 Å². The highest BCUT2D eigenvalue weighted by Gasteiger charge is 2.37. The number of aldehydes is 1. The topological polar surface area (TPSA) is 142 Å². The Kier molecular flexibility index (Phi) is 9.18. The Labute approximate surface area is 226 Å². The van der Waals surface area contributed by atoms with Crippen molar-refractivity contribution in [2.75, 3.05) is 30.0 Å². The minimum atomic E-state index is -1.19. The maximum Gasteiger partial charge on any atom is 0.252 e. The lowest BCUT2D eigenvalue weighted by molar-refractivity contribution is -0.127. The molecule has 0 saturated heterocycles. The Balaban J connectivity index is 1.96. The minimum Gasteiger partial charge on any atom is -0.496 e. The molecule has 0 aliphatic carbocycles. The van der Waals surface area contributed by atoms with Crippen molar-refractivity contribution in [2.24, 2.45) is 0 Å². The monoisotopic (exact) mass is 536 g/mol. The molecule has 0 radical (unpaired) electrons. The summed E-state index contributed by atoms with van der Waals surface area (Å²) >= 11 is 0. The maximum atomic E-state index is 13.8. The predicted octanol–water partition coefficient (Wildman–Crippen LogP) is 1.47. The highest BCUT2D eigenvalue weighted by atomic mass is 16.5. The van der Waals surface area contributed by atoms with Gasteiger partial charge in [-0.15, -0.1) is 0 Å². The standard InChI is InChI=1S/C28H32N4O7/c1-16-10-20(11-17(2)26(16)39-5)27(37)30-22-13-31(19(4)35)23-8-6-7-9-24(23)32(28(22)38)14-25(36)29-21(15-33)12-18(3)34/h6-11,15,21-22H,12-14H2,1-5H3,(H,29,36)(H,30,37)/t21-,22?/m0/s1. The second kappa shape index (κ2) is 12.3. The fraction of sp³-hybridized carbons (Fsp3) is 0.357. The van der Waals surface area contributed by atoms with Gasteiger partial charge >= 0.3 is 0 Å². The van der Waals surface area contributed by atoms with E-state index in [2.05, 4.69) is 10.6 Å². The molecule has 4 amide bonds. The first-order valence-corrected chi connectivity index (χ1v) is 12.4. The van der Waals surface area contributed by atoms with Crippen molar-refractivity contribution < 1.29 is 33.5 Å². The summed E-state index contributed by atoms with van der Waals surface area (Å²) < 4.78 is 5.36. The third-order valence-electron chi connectivity index (χ3n) is 6.32. The van der Waals surface area contributed by atoms with Gasteiger partial charge < -0.3 is 25.1 Å². The van der Waals surface area contributed by atoms with E-state index in [0.717, 1.165) is 11.1 Å². The van der Waals surface area contributed by atoms with Crippen molar-refractivity contribution in [1.29, 1.82) is 0 Å². The van der Waals surface area contributed by atoms with Crippen LogP contribution in [-0.2, 0) is 24.0 Å². The second-order valence-electron chi connectivity index (χ2n) is 9.43. The largest absolute Gasteiger partial charge is 0.496 e. The van der Waals surface area contributed by atoms with Gasteiger partial charge in [-0.2, -0.15) is 0 Å². The molecule has 0 spiro atoms. The molecule has 1 unspecified atom stereocenters. The van der Waals surface area contributed by atoms with Gasteiger partial charge in [-0.05, 0) is 56.2 Å². The van der Waals surface area contributed by atoms with Crippen molar-refractivity contribution in [3.63, 3.8) is 0 Å². The molecular formula is C28H32N4O7. The quantitative estimate of drug-likeness (QED) is 0.462. The van der Waals surface area contributed by atoms with Gasteiger partial charge in [0.1, 0.15) is 30.4 Å². The van der Waals surface area contributed by atoms with Crippen LogP contribution in [0.25, 0.3) is 0 Å². The molecular weight excluding hydrogens is 504 g/mol. The lowest BCUT2D eigenvalue weighted by atomic mass is 10.0. The van der Waals surface area contributed by atoms with Crippen LogP contribution in [0.4, 0.5) is 11.4 Å². The van der Waals surface area contributed by atoms with Crippen LogP contribution >= 0.6 is 0 Å². The third-order valence-corrected chi connectivity index (χ3v) is 6.32. The highest BCUT2D eigenvalue weighted by molar-refractivity contribution is 6.10. The zero-order valence-corrected chi connectivity index (χ0v) is 22.6. The number of amides is 4. The fourth-order valence-electron chi connectivity index (χ4n) is 4.64. The van der Waals surface area contributed by atoms with Crippen molar-refractivity contribution in [3.05, 3.63) is 53.1 Å². The number of fused-ring (bicyclic) bond motifs is 1. The van der Waals surface area contributed by atoms with Gasteiger partial charge in [-0.1, -0.05) is 12.1 Å². The number of ether oxygens (including phenoxy) is 1. The average Bonchev–Trinajstić information content (AvgIpc) is 2.98. The Morgan fingerprint density at radius 3 is 2.23 bits per heavy atom. The van der Waals surface area contributed by atoms with Crippen molar-refractivity contribution >= 4 is 47.1 Å². The molecule has 0 bridgehead atoms. The number of hydrogen-bond donors (Lipinski definition) is 2. The van der Waals surface area contributed by atoms with Gasteiger partial charge in [-0.25, -0.2) is 0 Å². The zero-order chi connectivity index (χ0) is 28.9. The number of ketones is 1. The highest BCUT2D eigenvalue weighted by Crippen LogP contribution is 2.33. The Morgan fingerprint density at radius 1 is 1.08 bits per heavy atom. The molecule has 206 valence electrons. The summed E-state index contributed by atoms with van der Waals surface area (Å²) in [5, 5.41) is 5.17. The molecule has 3 rings (SSSR count). The molecule has 2 N–H and O–H groups in total. The molecule has 2 aromatic rings. The number of nitrogens with zero attached hydrogens (tertiary/aromatic N) is 2. The fourth-order valence-corrected chi connectivity index (χ4v) is 4.64. The van der Waals surface area contributed by atoms with Crippen LogP contribution in [0.3, 0.4) is 0 Å². The van der Waals surface area contributed by atoms with Crippen LogP contribution in [0.15, 0.2) is 36.4 Å². The first-order chi connectivity index (χ1) is 18.5. The Hall–Kier alpha value is -4.54. The number of carbonyl (C=O) groups excluding carboxylic acids is 6. The van der Waals surface area contributed by atoms with Crippen LogP contribution in [0.2, 0.25) is 0 Å². The van der Waals surface area contributed by atoms with Gasteiger partial charge in [0.05, 0.1) is 31.1 Å². The van der Waals surface area contributed by atoms with E-state index in [0.29, 0.717) is 23.3 Å². The van der Waals surface area contributed by atoms with E-state index in [9.17, 15) is 28.8 Å². The molecule has 39 heavy (non-hydrogen) atoms. The molecule has 0 aromatic heterocycles. The van der Waals surface area contributed by atoms with Crippen LogP contribution in [0.5, 0.6) is 5.75 Å². The van der Waals surface area contributed by atoms with Crippen molar-refractivity contribution in [1.82, 2.24) is 10.6 Å². The summed E-state index contributed by atoms with van der Waals surface area (Å²) in [7, 11) is 1.54. The van der Waals surface area contributed by atoms with E-state index in [1.54, 1.807) is 50.2 Å². The number of nitrogens with one attached hydrogen (secondary N) is 2. The number of benzene rings is 2. The molecule has 2 aromatic carbocycles. The number of anilines is 2. The maximum absolute atomic E-state index is 13.8. The summed E-state index contributed by atoms with van der Waals surface area (Å²) in [5.74, 6) is -1.84. The molecule has 0 fully saturated rings. The Bertz CT molecular complexity index is 1300. The molecule has 0 saturated carbocycles. The van der Waals surface area contributed by atoms with Gasteiger partial charge in [0.15, 0.2) is 0 Å². The summed E-state index contributed by atoms with van der Waals surface area (Å²) in [6, 6.07) is 7.61. The summed E-state index contributed by atoms with van der Waals surface area (Å²) in [5.41, 5.74) is 2.45. The van der Waals surface area contributed by atoms with Crippen LogP contribution < -0.4 is 25.2 Å². The molecule has 1 aliphatic heterocycles. The first kappa shape index (κ1) is 29.0. The minimum absolute atomic E-state index is 0.162. The zero-order valence-electron chi connectivity index (χ0n) is 22.6. The molecule has 1 heterocycles. The van der Waals surface area contributed by atoms with E-state index in [4.69, 9.17) is 4.74 Å². The van der Waals surface area contributed by atoms with Gasteiger partial charge in [0, 0.05) is 18.9 Å². The van der Waals surface area contributed by atoms with Crippen molar-refractivity contribution in [2.45, 2.75) is 46.2 Å². The average molecular weight is 537 g/mol. The number of carbonyl (C=O) groups is 6. The lowest BCUT2D eigenvalue weighted by Crippen LogP contribution is -2.54. The number of methoxy groups -OCH3 is 1. The van der Waals surface area contributed by atoms with Gasteiger partial charge in [0.25, 0.3) is 11.8 Å². The second-order valence-corrected chi connectivity index (χ2v) is 9.43. The van der Waals surface area contributed by atoms with E-state index < -0.39 is 36.3 Å². The van der Waals surface area contributed by atoms with Crippen LogP contribution in [0, 0.1) is 13.8 Å². The molecule has 2 atom stereocenters. The number of para-hydroxylation sites is 2. The summed E-state index contributed by atoms with van der Waals surface area (Å²) in [4.78, 5) is 77.9. The van der Waals surface area contributed by atoms with E-state index in [-0.39, 0.29) is 30.3 Å². The molecule has 11 nitrogen and oxygen atoms in total. The number of Topliss-reactive ketones (excluding diaryl/α,β-unsaturated/α-hetero) is 1. The van der Waals surface area contributed by atoms with E-state index in [1.165, 1.54) is 30.8 Å². The predicted molar refractivity (Wildman–Crippen MR) is 144 cm³/mol. The number of rotatable bonds is 9. The SMILES string of the molecule is COc1c(C)cc(C(=O)NC2CN(C(C)=O)c3ccccc3N(CC(=O)N[C@H](C=O)CC(C)=O)C2=O)cc1C. The lowest BCUT2D eigenvalue weighted by Gasteiger charge is -2.25. The van der Waals surface area contributed by atoms with E-state index >= 15 is 0 Å². The van der Waals surface area contributed by atoms with Crippen LogP contribution in [-0.4, -0.2) is 68.0 Å². The number of hydrogen-bond acceptors (Lipinski definition) is 7. The first-order valence-electron chi connectivity index (χ1n) is 12.4. The van der Waals surface area contributed by atoms with Crippen molar-refractivity contribution in [3.8, 4) is 5.75 Å². The third kappa shape index (κ3) is 6.67. The van der Waals surface area contributed by atoms with Gasteiger partial charge in [-0.3, -0.25) is 28.9 Å². The normalized spacial score (nSPS) is 15.5. The molecule has 1 aliphatic rings.